The second-order valence-electron chi connectivity index (χ2n) is 15.9. The first-order valence-electron chi connectivity index (χ1n) is 19.1. The Morgan fingerprint density at radius 1 is 0.571 bits per heavy atom. The topological polar surface area (TPSA) is 26.0 Å². The Kier molecular flexibility index (Phi) is 11.5. The Morgan fingerprint density at radius 2 is 1.00 bits per heavy atom. The Hall–Kier alpha value is -1.94. The quantitative estimate of drug-likeness (QED) is 0.0967. The molecule has 49 heavy (non-hydrogen) atoms. The van der Waals surface area contributed by atoms with Gasteiger partial charge in [-0.3, -0.25) is 0 Å². The molecule has 2 fully saturated rings. The summed E-state index contributed by atoms with van der Waals surface area (Å²) in [5, 5.41) is 3.16. The van der Waals surface area contributed by atoms with Crippen molar-refractivity contribution >= 4 is 30.6 Å². The van der Waals surface area contributed by atoms with Crippen LogP contribution in [-0.4, -0.2) is 11.3 Å². The van der Waals surface area contributed by atoms with Crippen LogP contribution in [-0.2, 0) is 16.5 Å². The molecule has 0 radical (unpaired) electrons. The van der Waals surface area contributed by atoms with Crippen molar-refractivity contribution in [2.75, 3.05) is 5.73 Å². The van der Waals surface area contributed by atoms with E-state index in [2.05, 4.69) is 126 Å². The van der Waals surface area contributed by atoms with Gasteiger partial charge in [-0.25, -0.2) is 0 Å². The van der Waals surface area contributed by atoms with Crippen molar-refractivity contribution < 1.29 is 16.5 Å². The van der Waals surface area contributed by atoms with Crippen molar-refractivity contribution in [1.82, 2.24) is 0 Å². The standard InChI is InChI=1S/C45H59NP.ClH.Pd/c1-31(2)34-29-40(32(3)4)45(41(30-34)33(5)6)39-25-15-18-28-44(39)47(35-19-9-7-10-20-35,36-21-11-8-12-22-36)43-27-17-14-24-38(43)37-23-13-16-26-42(37)46;;/h13-18,23-33,35-36H,7-12,19-22,46H2,1-6H3;1H;/q+1;;/p-1. The number of nitrogens with two attached hydrogens (primary N) is 1. The van der Waals surface area contributed by atoms with Crippen molar-refractivity contribution in [3.63, 3.8) is 0 Å². The maximum absolute atomic E-state index is 8.12. The molecule has 1 nitrogen and oxygen atoms in total. The third kappa shape index (κ3) is 6.31. The van der Waals surface area contributed by atoms with Crippen LogP contribution in [0.3, 0.4) is 0 Å². The molecule has 4 aromatic carbocycles. The molecule has 4 heteroatoms. The normalized spacial score (nSPS) is 17.6. The van der Waals surface area contributed by atoms with E-state index in [-0.39, 0.29) is 16.5 Å². The van der Waals surface area contributed by atoms with E-state index in [0.717, 1.165) is 5.69 Å². The van der Waals surface area contributed by atoms with Crippen LogP contribution in [0.15, 0.2) is 84.9 Å². The van der Waals surface area contributed by atoms with Crippen molar-refractivity contribution in [1.29, 1.82) is 0 Å². The fraction of sp³-hybridized carbons (Fsp3) is 0.467. The number of hydrogen-bond donors (Lipinski definition) is 1. The molecule has 2 N–H and O–H groups in total. The van der Waals surface area contributed by atoms with Gasteiger partial charge in [0.25, 0.3) is 0 Å². The Labute approximate surface area is 309 Å². The van der Waals surface area contributed by atoms with Crippen molar-refractivity contribution in [2.24, 2.45) is 0 Å². The number of para-hydroxylation sites is 1. The zero-order chi connectivity index (χ0) is 34.8. The molecule has 0 heterocycles. The number of anilines is 1. The molecule has 266 valence electrons. The average molecular weight is 787 g/mol. The molecule has 0 bridgehead atoms. The van der Waals surface area contributed by atoms with E-state index >= 15 is 0 Å². The summed E-state index contributed by atoms with van der Waals surface area (Å²) in [4.78, 5) is -3.19. The zero-order valence-electron chi connectivity index (χ0n) is 30.8. The van der Waals surface area contributed by atoms with Crippen LogP contribution in [0.25, 0.3) is 22.3 Å². The molecule has 0 spiro atoms. The van der Waals surface area contributed by atoms with Gasteiger partial charge in [-0.1, -0.05) is 0 Å². The number of halogens is 1. The van der Waals surface area contributed by atoms with Crippen molar-refractivity contribution in [3.05, 3.63) is 102 Å². The van der Waals surface area contributed by atoms with Crippen LogP contribution < -0.4 is 16.3 Å². The van der Waals surface area contributed by atoms with Crippen LogP contribution in [0.1, 0.15) is 140 Å². The summed E-state index contributed by atoms with van der Waals surface area (Å²) >= 11 is 0.0271. The molecule has 0 aliphatic heterocycles. The Morgan fingerprint density at radius 3 is 1.45 bits per heavy atom. The van der Waals surface area contributed by atoms with E-state index in [9.17, 15) is 0 Å². The van der Waals surface area contributed by atoms with Crippen LogP contribution in [0.4, 0.5) is 5.69 Å². The third-order valence-electron chi connectivity index (χ3n) is 12.1. The second kappa shape index (κ2) is 15.3. The van der Waals surface area contributed by atoms with Gasteiger partial charge < -0.3 is 0 Å². The van der Waals surface area contributed by atoms with E-state index < -0.39 is 4.79 Å². The van der Waals surface area contributed by atoms with Crippen LogP contribution in [0, 0.1) is 0 Å². The minimum atomic E-state index is -3.19. The van der Waals surface area contributed by atoms with Gasteiger partial charge in [0, 0.05) is 0 Å². The van der Waals surface area contributed by atoms with Crippen LogP contribution in [0.5, 0.6) is 0 Å². The fourth-order valence-electron chi connectivity index (χ4n) is 9.66. The van der Waals surface area contributed by atoms with E-state index in [1.54, 1.807) is 10.6 Å². The number of benzene rings is 4. The van der Waals surface area contributed by atoms with Crippen LogP contribution in [0.2, 0.25) is 0 Å². The molecule has 0 saturated heterocycles. The molecule has 6 rings (SSSR count). The second-order valence-corrected chi connectivity index (χ2v) is 27.8. The average Bonchev–Trinajstić information content (AvgIpc) is 3.13. The molecule has 4 aromatic rings. The van der Waals surface area contributed by atoms with Gasteiger partial charge >= 0.3 is 312 Å². The first kappa shape index (κ1) is 36.8. The van der Waals surface area contributed by atoms with Gasteiger partial charge in [0.1, 0.15) is 0 Å². The summed E-state index contributed by atoms with van der Waals surface area (Å²) < 4.78 is 0. The SMILES string of the molecule is CC(C)c1cc(C(C)C)c(-c2ccccc2[P]([Pd][Cl])(c2ccccc2-c2ccccc2N)(C2CCCCC2)C2CCCCC2)c(C(C)C)c1. The molecule has 0 aromatic heterocycles. The molecule has 0 unspecified atom stereocenters. The predicted octanol–water partition coefficient (Wildman–Crippen LogP) is 13.3. The number of rotatable bonds is 10. The summed E-state index contributed by atoms with van der Waals surface area (Å²) in [5.74, 6) is 1.30. The Balaban J connectivity index is 1.84. The number of hydrogen-bond acceptors (Lipinski definition) is 1. The van der Waals surface area contributed by atoms with Gasteiger partial charge in [0.05, 0.1) is 0 Å². The minimum absolute atomic E-state index is 0.0271. The molecule has 0 amide bonds. The first-order valence-corrected chi connectivity index (χ1v) is 25.4. The molecule has 0 atom stereocenters. The number of nitrogen functional groups attached to an aromatic ring is 1. The predicted molar refractivity (Wildman–Crippen MR) is 216 cm³/mol. The fourth-order valence-corrected chi connectivity index (χ4v) is 28.7. The summed E-state index contributed by atoms with van der Waals surface area (Å²) in [6.45, 7) is 14.3. The molecule has 2 saturated carbocycles. The summed E-state index contributed by atoms with van der Waals surface area (Å²) in [7, 11) is 8.12. The third-order valence-corrected chi connectivity index (χ3v) is 30.2. The summed E-state index contributed by atoms with van der Waals surface area (Å²) in [6, 6.07) is 32.9. The van der Waals surface area contributed by atoms with E-state index in [0.29, 0.717) is 29.1 Å². The van der Waals surface area contributed by atoms with E-state index in [1.165, 1.54) is 103 Å². The van der Waals surface area contributed by atoms with Gasteiger partial charge in [-0.05, 0) is 0 Å². The summed E-state index contributed by atoms with van der Waals surface area (Å²) in [6.07, 6.45) is 13.0. The van der Waals surface area contributed by atoms with Crippen molar-refractivity contribution in [3.8, 4) is 22.3 Å². The molecular formula is C45H59ClNPPd. The van der Waals surface area contributed by atoms with E-state index in [1.807, 2.05) is 0 Å². The van der Waals surface area contributed by atoms with Crippen molar-refractivity contribution in [2.45, 2.75) is 135 Å². The van der Waals surface area contributed by atoms with E-state index in [4.69, 9.17) is 15.3 Å². The summed E-state index contributed by atoms with van der Waals surface area (Å²) in [5.41, 5.74) is 18.8. The molecule has 2 aliphatic carbocycles. The first-order chi connectivity index (χ1) is 23.6. The van der Waals surface area contributed by atoms with Gasteiger partial charge in [0.2, 0.25) is 0 Å². The molecule has 2 aliphatic rings. The molecular weight excluding hydrogens is 727 g/mol. The zero-order valence-corrected chi connectivity index (χ0v) is 34.0. The van der Waals surface area contributed by atoms with Gasteiger partial charge in [-0.15, -0.1) is 0 Å². The van der Waals surface area contributed by atoms with Gasteiger partial charge in [-0.2, -0.15) is 0 Å². The monoisotopic (exact) mass is 785 g/mol. The van der Waals surface area contributed by atoms with Crippen LogP contribution >= 0.6 is 14.3 Å². The van der Waals surface area contributed by atoms with Gasteiger partial charge in [0.15, 0.2) is 0 Å². The Bertz CT molecular complexity index is 1700. The maximum atomic E-state index is 8.12.